The fourth-order valence-electron chi connectivity index (χ4n) is 1.72. The number of nitrogens with zero attached hydrogens (tertiary/aromatic N) is 1. The van der Waals surface area contributed by atoms with Crippen LogP contribution in [0.4, 0.5) is 5.69 Å². The number of carbonyl (C=O) groups is 2. The highest BCUT2D eigenvalue weighted by molar-refractivity contribution is 6.36. The Morgan fingerprint density at radius 1 is 1.09 bits per heavy atom. The Balaban J connectivity index is 2.00. The molecule has 0 aliphatic heterocycles. The molecule has 2 rings (SSSR count). The van der Waals surface area contributed by atoms with Crippen molar-refractivity contribution >= 4 is 40.6 Å². The number of Topliss-reactive ketones (excluding diaryl/α,β-unsaturated/α-hetero) is 1. The molecule has 0 saturated carbocycles. The number of ether oxygens (including phenoxy) is 1. The van der Waals surface area contributed by atoms with Gasteiger partial charge in [-0.05, 0) is 30.3 Å². The molecule has 2 aromatic rings. The van der Waals surface area contributed by atoms with Crippen LogP contribution in [0.15, 0.2) is 42.5 Å². The Morgan fingerprint density at radius 3 is 2.30 bits per heavy atom. The highest BCUT2D eigenvalue weighted by Crippen LogP contribution is 2.21. The lowest BCUT2D eigenvalue weighted by atomic mass is 10.1. The van der Waals surface area contributed by atoms with Gasteiger partial charge in [0.1, 0.15) is 0 Å². The fraction of sp³-hybridized carbons (Fsp3) is 0.0667. The second kappa shape index (κ2) is 7.21. The molecule has 8 heteroatoms. The van der Waals surface area contributed by atoms with E-state index in [1.54, 1.807) is 0 Å². The highest BCUT2D eigenvalue weighted by atomic mass is 35.5. The number of nitro benzene ring substituents is 1. The van der Waals surface area contributed by atoms with Crippen molar-refractivity contribution < 1.29 is 19.2 Å². The molecule has 0 bridgehead atoms. The van der Waals surface area contributed by atoms with E-state index >= 15 is 0 Å². The average Bonchev–Trinajstić information content (AvgIpc) is 2.52. The van der Waals surface area contributed by atoms with E-state index < -0.39 is 23.3 Å². The number of ketones is 1. The lowest BCUT2D eigenvalue weighted by Crippen LogP contribution is -2.14. The molecule has 0 aliphatic carbocycles. The van der Waals surface area contributed by atoms with Gasteiger partial charge in [-0.25, -0.2) is 4.79 Å². The van der Waals surface area contributed by atoms with Crippen molar-refractivity contribution in [1.82, 2.24) is 0 Å². The van der Waals surface area contributed by atoms with E-state index in [2.05, 4.69) is 0 Å². The largest absolute Gasteiger partial charge is 0.454 e. The molecule has 0 fully saturated rings. The molecule has 118 valence electrons. The van der Waals surface area contributed by atoms with Gasteiger partial charge in [0.2, 0.25) is 0 Å². The standard InChI is InChI=1S/C15H9Cl2NO5/c16-10-3-6-12(13(17)7-10)15(20)23-8-14(19)9-1-4-11(5-2-9)18(21)22/h1-7H,8H2. The van der Waals surface area contributed by atoms with E-state index in [1.807, 2.05) is 0 Å². The number of nitro groups is 1. The molecular formula is C15H9Cl2NO5. The number of benzene rings is 2. The molecule has 0 heterocycles. The molecule has 0 radical (unpaired) electrons. The van der Waals surface area contributed by atoms with Crippen LogP contribution in [0.3, 0.4) is 0 Å². The molecule has 0 saturated heterocycles. The third-order valence-electron chi connectivity index (χ3n) is 2.89. The summed E-state index contributed by atoms with van der Waals surface area (Å²) >= 11 is 11.6. The summed E-state index contributed by atoms with van der Waals surface area (Å²) in [5, 5.41) is 11.0. The second-order valence-electron chi connectivity index (χ2n) is 4.43. The van der Waals surface area contributed by atoms with Gasteiger partial charge < -0.3 is 4.74 Å². The van der Waals surface area contributed by atoms with Gasteiger partial charge in [0.05, 0.1) is 15.5 Å². The highest BCUT2D eigenvalue weighted by Gasteiger charge is 2.15. The summed E-state index contributed by atoms with van der Waals surface area (Å²) in [6, 6.07) is 9.24. The normalized spacial score (nSPS) is 10.2. The van der Waals surface area contributed by atoms with Crippen LogP contribution in [-0.4, -0.2) is 23.3 Å². The number of hydrogen-bond donors (Lipinski definition) is 0. The summed E-state index contributed by atoms with van der Waals surface area (Å²) < 4.78 is 4.89. The molecule has 6 nitrogen and oxygen atoms in total. The molecule has 0 aliphatic rings. The van der Waals surface area contributed by atoms with Crippen molar-refractivity contribution in [3.63, 3.8) is 0 Å². The molecule has 23 heavy (non-hydrogen) atoms. The topological polar surface area (TPSA) is 86.5 Å². The predicted molar refractivity (Wildman–Crippen MR) is 84.2 cm³/mol. The lowest BCUT2D eigenvalue weighted by molar-refractivity contribution is -0.384. The second-order valence-corrected chi connectivity index (χ2v) is 5.27. The molecule has 0 atom stereocenters. The third kappa shape index (κ3) is 4.28. The van der Waals surface area contributed by atoms with Gasteiger partial charge >= 0.3 is 5.97 Å². The summed E-state index contributed by atoms with van der Waals surface area (Å²) in [5.41, 5.74) is 0.157. The summed E-state index contributed by atoms with van der Waals surface area (Å²) in [4.78, 5) is 33.7. The van der Waals surface area contributed by atoms with E-state index in [0.717, 1.165) is 0 Å². The molecule has 0 unspecified atom stereocenters. The van der Waals surface area contributed by atoms with Crippen molar-refractivity contribution in [1.29, 1.82) is 0 Å². The maximum Gasteiger partial charge on any atom is 0.340 e. The van der Waals surface area contributed by atoms with Gasteiger partial charge in [-0.3, -0.25) is 14.9 Å². The van der Waals surface area contributed by atoms with Crippen LogP contribution in [0.2, 0.25) is 10.0 Å². The number of non-ortho nitro benzene ring substituents is 1. The summed E-state index contributed by atoms with van der Waals surface area (Å²) in [5.74, 6) is -1.25. The van der Waals surface area contributed by atoms with Crippen molar-refractivity contribution in [2.24, 2.45) is 0 Å². The Morgan fingerprint density at radius 2 is 1.74 bits per heavy atom. The summed E-state index contributed by atoms with van der Waals surface area (Å²) in [6.07, 6.45) is 0. The van der Waals surface area contributed by atoms with Crippen molar-refractivity contribution in [3.8, 4) is 0 Å². The lowest BCUT2D eigenvalue weighted by Gasteiger charge is -2.06. The first-order valence-electron chi connectivity index (χ1n) is 6.28. The van der Waals surface area contributed by atoms with Crippen LogP contribution in [0.5, 0.6) is 0 Å². The van der Waals surface area contributed by atoms with Crippen molar-refractivity contribution in [3.05, 3.63) is 73.8 Å². The molecule has 0 amide bonds. The van der Waals surface area contributed by atoms with Crippen LogP contribution in [0.25, 0.3) is 0 Å². The van der Waals surface area contributed by atoms with E-state index in [0.29, 0.717) is 5.02 Å². The van der Waals surface area contributed by atoms with Crippen LogP contribution >= 0.6 is 23.2 Å². The van der Waals surface area contributed by atoms with E-state index in [1.165, 1.54) is 42.5 Å². The molecule has 2 aromatic carbocycles. The quantitative estimate of drug-likeness (QED) is 0.351. The summed E-state index contributed by atoms with van der Waals surface area (Å²) in [6.45, 7) is -0.504. The van der Waals surface area contributed by atoms with Crippen LogP contribution in [0, 0.1) is 10.1 Å². The predicted octanol–water partition coefficient (Wildman–Crippen LogP) is 3.94. The van der Waals surface area contributed by atoms with Crippen LogP contribution < -0.4 is 0 Å². The minimum absolute atomic E-state index is 0.0903. The zero-order valence-corrected chi connectivity index (χ0v) is 13.0. The first-order chi connectivity index (χ1) is 10.9. The first kappa shape index (κ1) is 16.9. The number of esters is 1. The molecule has 0 N–H and O–H groups in total. The smallest absolute Gasteiger partial charge is 0.340 e. The number of rotatable bonds is 5. The average molecular weight is 354 g/mol. The van der Waals surface area contributed by atoms with E-state index in [4.69, 9.17) is 27.9 Å². The van der Waals surface area contributed by atoms with Gasteiger partial charge in [-0.15, -0.1) is 0 Å². The Labute approximate surface area is 140 Å². The van der Waals surface area contributed by atoms with Gasteiger partial charge in [0.15, 0.2) is 12.4 Å². The van der Waals surface area contributed by atoms with Gasteiger partial charge in [0, 0.05) is 22.7 Å². The fourth-order valence-corrected chi connectivity index (χ4v) is 2.20. The van der Waals surface area contributed by atoms with Crippen LogP contribution in [0.1, 0.15) is 20.7 Å². The number of hydrogen-bond acceptors (Lipinski definition) is 5. The van der Waals surface area contributed by atoms with E-state index in [-0.39, 0.29) is 21.8 Å². The van der Waals surface area contributed by atoms with Gasteiger partial charge in [-0.1, -0.05) is 23.2 Å². The maximum absolute atomic E-state index is 11.9. The molecule has 0 aromatic heterocycles. The van der Waals surface area contributed by atoms with Gasteiger partial charge in [-0.2, -0.15) is 0 Å². The minimum Gasteiger partial charge on any atom is -0.454 e. The zero-order valence-electron chi connectivity index (χ0n) is 11.5. The zero-order chi connectivity index (χ0) is 17.0. The monoisotopic (exact) mass is 353 g/mol. The number of halogens is 2. The Hall–Kier alpha value is -2.44. The molecule has 0 spiro atoms. The maximum atomic E-state index is 11.9. The van der Waals surface area contributed by atoms with Crippen LogP contribution in [-0.2, 0) is 4.74 Å². The third-order valence-corrected chi connectivity index (χ3v) is 3.43. The molecular weight excluding hydrogens is 345 g/mol. The van der Waals surface area contributed by atoms with Crippen molar-refractivity contribution in [2.75, 3.05) is 6.61 Å². The summed E-state index contributed by atoms with van der Waals surface area (Å²) in [7, 11) is 0. The first-order valence-corrected chi connectivity index (χ1v) is 7.04. The SMILES string of the molecule is O=C(COC(=O)c1ccc(Cl)cc1Cl)c1ccc([N+](=O)[O-])cc1. The Bertz CT molecular complexity index is 774. The Kier molecular flexibility index (Phi) is 5.31. The number of carbonyl (C=O) groups excluding carboxylic acids is 2. The van der Waals surface area contributed by atoms with Crippen molar-refractivity contribution in [2.45, 2.75) is 0 Å². The minimum atomic E-state index is -0.762. The van der Waals surface area contributed by atoms with E-state index in [9.17, 15) is 19.7 Å². The van der Waals surface area contributed by atoms with Gasteiger partial charge in [0.25, 0.3) is 5.69 Å².